The second kappa shape index (κ2) is 6.41. The summed E-state index contributed by atoms with van der Waals surface area (Å²) in [6, 6.07) is 0.324. The summed E-state index contributed by atoms with van der Waals surface area (Å²) >= 11 is 0. The minimum Gasteiger partial charge on any atom is -0.377 e. The van der Waals surface area contributed by atoms with E-state index in [1.807, 2.05) is 20.8 Å². The fourth-order valence-electron chi connectivity index (χ4n) is 4.67. The number of hydrogen-bond acceptors (Lipinski definition) is 4. The van der Waals surface area contributed by atoms with E-state index in [4.69, 9.17) is 4.74 Å². The van der Waals surface area contributed by atoms with Gasteiger partial charge in [0.15, 0.2) is 15.8 Å². The van der Waals surface area contributed by atoms with Gasteiger partial charge in [0.2, 0.25) is 0 Å². The summed E-state index contributed by atoms with van der Waals surface area (Å²) in [6.07, 6.45) is 2.62. The van der Waals surface area contributed by atoms with Gasteiger partial charge in [0.05, 0.1) is 16.6 Å². The van der Waals surface area contributed by atoms with Crippen LogP contribution < -0.4 is 5.32 Å². The molecule has 0 aromatic heterocycles. The van der Waals surface area contributed by atoms with Gasteiger partial charge in [0, 0.05) is 43.6 Å². The van der Waals surface area contributed by atoms with Crippen LogP contribution in [0.1, 0.15) is 47.5 Å². The molecule has 1 aliphatic carbocycles. The zero-order chi connectivity index (χ0) is 18.5. The van der Waals surface area contributed by atoms with Crippen LogP contribution in [0.4, 0.5) is 0 Å². The maximum Gasteiger partial charge on any atom is 0.194 e. The highest BCUT2D eigenvalue weighted by molar-refractivity contribution is 7.92. The van der Waals surface area contributed by atoms with Crippen molar-refractivity contribution >= 4 is 15.8 Å². The Hall–Kier alpha value is -0.820. The largest absolute Gasteiger partial charge is 0.377 e. The van der Waals surface area contributed by atoms with Crippen LogP contribution >= 0.6 is 0 Å². The lowest BCUT2D eigenvalue weighted by Gasteiger charge is -2.60. The highest BCUT2D eigenvalue weighted by atomic mass is 32.2. The molecule has 0 aromatic rings. The van der Waals surface area contributed by atoms with Crippen molar-refractivity contribution in [1.82, 2.24) is 10.2 Å². The van der Waals surface area contributed by atoms with Gasteiger partial charge in [-0.1, -0.05) is 13.8 Å². The molecular formula is C18H33N3O3S. The highest BCUT2D eigenvalue weighted by Crippen LogP contribution is 2.51. The average Bonchev–Trinajstić information content (AvgIpc) is 2.54. The third-order valence-electron chi connectivity index (χ3n) is 6.27. The molecule has 144 valence electrons. The van der Waals surface area contributed by atoms with Crippen molar-refractivity contribution in [3.05, 3.63) is 0 Å². The van der Waals surface area contributed by atoms with Gasteiger partial charge < -0.3 is 15.0 Å². The molecule has 2 aliphatic heterocycles. The van der Waals surface area contributed by atoms with E-state index in [1.165, 1.54) is 6.42 Å². The van der Waals surface area contributed by atoms with Crippen LogP contribution in [-0.2, 0) is 14.6 Å². The van der Waals surface area contributed by atoms with Crippen LogP contribution in [0.3, 0.4) is 0 Å². The molecule has 0 bridgehead atoms. The molecule has 7 heteroatoms. The predicted octanol–water partition coefficient (Wildman–Crippen LogP) is 1.66. The lowest BCUT2D eigenvalue weighted by atomic mass is 9.55. The molecule has 3 unspecified atom stereocenters. The molecule has 6 nitrogen and oxygen atoms in total. The van der Waals surface area contributed by atoms with E-state index in [0.29, 0.717) is 37.7 Å². The van der Waals surface area contributed by atoms with E-state index < -0.39 is 14.6 Å². The summed E-state index contributed by atoms with van der Waals surface area (Å²) in [5.41, 5.74) is 0.0664. The topological polar surface area (TPSA) is 71.0 Å². The van der Waals surface area contributed by atoms with Crippen LogP contribution in [-0.4, -0.2) is 68.2 Å². The average molecular weight is 372 g/mol. The first-order valence-corrected chi connectivity index (χ1v) is 11.2. The Balaban J connectivity index is 1.76. The number of sulfone groups is 1. The van der Waals surface area contributed by atoms with Crippen molar-refractivity contribution in [2.75, 3.05) is 32.0 Å². The van der Waals surface area contributed by atoms with Gasteiger partial charge in [0.25, 0.3) is 0 Å². The van der Waals surface area contributed by atoms with Crippen LogP contribution in [0.15, 0.2) is 4.99 Å². The maximum absolute atomic E-state index is 12.3. The first-order chi connectivity index (χ1) is 11.6. The maximum atomic E-state index is 12.3. The van der Waals surface area contributed by atoms with Gasteiger partial charge in [0.1, 0.15) is 0 Å². The van der Waals surface area contributed by atoms with E-state index in [9.17, 15) is 8.42 Å². The van der Waals surface area contributed by atoms with Gasteiger partial charge in [-0.25, -0.2) is 8.42 Å². The molecule has 0 amide bonds. The van der Waals surface area contributed by atoms with Crippen molar-refractivity contribution in [2.24, 2.45) is 16.3 Å². The van der Waals surface area contributed by atoms with Gasteiger partial charge >= 0.3 is 0 Å². The Morgan fingerprint density at radius 2 is 2.04 bits per heavy atom. The molecule has 25 heavy (non-hydrogen) atoms. The summed E-state index contributed by atoms with van der Waals surface area (Å²) in [4.78, 5) is 6.80. The molecule has 3 atom stereocenters. The molecule has 3 rings (SSSR count). The number of hydrogen-bond donors (Lipinski definition) is 1. The van der Waals surface area contributed by atoms with Crippen LogP contribution in [0.2, 0.25) is 0 Å². The first-order valence-electron chi connectivity index (χ1n) is 9.50. The van der Waals surface area contributed by atoms with E-state index in [2.05, 4.69) is 29.1 Å². The number of rotatable bonds is 2. The first kappa shape index (κ1) is 19.0. The fourth-order valence-corrected chi connectivity index (χ4v) is 6.03. The molecule has 3 aliphatic rings. The Morgan fingerprint density at radius 3 is 2.68 bits per heavy atom. The van der Waals surface area contributed by atoms with Crippen LogP contribution in [0.5, 0.6) is 0 Å². The van der Waals surface area contributed by atoms with Crippen LogP contribution in [0, 0.1) is 11.3 Å². The monoisotopic (exact) mass is 371 g/mol. The SMILES string of the molecule is CCN=C(NC1C2CCCOC2C1(C)C)N1CCS(=O)(=O)C(C)(C)C1. The Labute approximate surface area is 152 Å². The Bertz CT molecular complexity index is 642. The van der Waals surface area contributed by atoms with E-state index in [1.54, 1.807) is 0 Å². The zero-order valence-electron chi connectivity index (χ0n) is 16.2. The van der Waals surface area contributed by atoms with E-state index in [-0.39, 0.29) is 11.2 Å². The number of ether oxygens (including phenoxy) is 1. The lowest BCUT2D eigenvalue weighted by molar-refractivity contribution is -0.188. The van der Waals surface area contributed by atoms with Crippen molar-refractivity contribution in [3.8, 4) is 0 Å². The van der Waals surface area contributed by atoms with Crippen molar-refractivity contribution < 1.29 is 13.2 Å². The molecular weight excluding hydrogens is 338 g/mol. The number of nitrogens with one attached hydrogen (secondary N) is 1. The van der Waals surface area contributed by atoms with E-state index >= 15 is 0 Å². The number of fused-ring (bicyclic) bond motifs is 1. The number of aliphatic imine (C=N–C) groups is 1. The summed E-state index contributed by atoms with van der Waals surface area (Å²) in [6.45, 7) is 12.7. The minimum atomic E-state index is -3.05. The van der Waals surface area contributed by atoms with Crippen LogP contribution in [0.25, 0.3) is 0 Å². The molecule has 1 saturated carbocycles. The molecule has 0 aromatic carbocycles. The van der Waals surface area contributed by atoms with Gasteiger partial charge in [-0.2, -0.15) is 0 Å². The third-order valence-corrected chi connectivity index (χ3v) is 8.80. The number of nitrogens with zero attached hydrogens (tertiary/aromatic N) is 2. The molecule has 0 radical (unpaired) electrons. The molecule has 2 heterocycles. The van der Waals surface area contributed by atoms with Crippen molar-refractivity contribution in [3.63, 3.8) is 0 Å². The third kappa shape index (κ3) is 3.18. The summed E-state index contributed by atoms with van der Waals surface area (Å²) in [7, 11) is -3.05. The second-order valence-corrected chi connectivity index (χ2v) is 11.6. The quantitative estimate of drug-likeness (QED) is 0.590. The fraction of sp³-hybridized carbons (Fsp3) is 0.944. The summed E-state index contributed by atoms with van der Waals surface area (Å²) < 4.78 is 29.9. The molecule has 2 saturated heterocycles. The lowest BCUT2D eigenvalue weighted by Crippen LogP contribution is -2.71. The van der Waals surface area contributed by atoms with E-state index in [0.717, 1.165) is 19.0 Å². The second-order valence-electron chi connectivity index (χ2n) is 8.84. The molecule has 1 N–H and O–H groups in total. The minimum absolute atomic E-state index is 0.0664. The van der Waals surface area contributed by atoms with Crippen molar-refractivity contribution in [2.45, 2.75) is 64.4 Å². The summed E-state index contributed by atoms with van der Waals surface area (Å²) in [5.74, 6) is 1.56. The standard InChI is InChI=1S/C18H33N3O3S/c1-6-19-16(21-9-11-25(22,23)17(2,3)12-21)20-14-13-8-7-10-24-15(13)18(14,4)5/h13-15H,6-12H2,1-5H3,(H,19,20). The highest BCUT2D eigenvalue weighted by Gasteiger charge is 2.58. The normalized spacial score (nSPS) is 36.3. The zero-order valence-corrected chi connectivity index (χ0v) is 17.0. The summed E-state index contributed by atoms with van der Waals surface area (Å²) in [5, 5.41) is 3.68. The van der Waals surface area contributed by atoms with Gasteiger partial charge in [-0.15, -0.1) is 0 Å². The Kier molecular flexibility index (Phi) is 4.86. The molecule has 3 fully saturated rings. The molecule has 0 spiro atoms. The van der Waals surface area contributed by atoms with Gasteiger partial charge in [-0.3, -0.25) is 4.99 Å². The smallest absolute Gasteiger partial charge is 0.194 e. The Morgan fingerprint density at radius 1 is 1.32 bits per heavy atom. The predicted molar refractivity (Wildman–Crippen MR) is 101 cm³/mol. The van der Waals surface area contributed by atoms with Crippen molar-refractivity contribution in [1.29, 1.82) is 0 Å². The number of guanidine groups is 1. The van der Waals surface area contributed by atoms with Gasteiger partial charge in [-0.05, 0) is 33.6 Å².